The van der Waals surface area contributed by atoms with Gasteiger partial charge >= 0.3 is 0 Å². The van der Waals surface area contributed by atoms with Crippen LogP contribution in [0.3, 0.4) is 0 Å². The van der Waals surface area contributed by atoms with Crippen LogP contribution in [0, 0.1) is 27.7 Å². The Morgan fingerprint density at radius 2 is 0.600 bits per heavy atom. The van der Waals surface area contributed by atoms with Crippen LogP contribution in [0.15, 0.2) is 109 Å². The molecule has 0 spiro atoms. The summed E-state index contributed by atoms with van der Waals surface area (Å²) < 4.78 is 0. The van der Waals surface area contributed by atoms with Crippen molar-refractivity contribution in [1.29, 1.82) is 0 Å². The minimum absolute atomic E-state index is 1.31. The lowest BCUT2D eigenvalue weighted by atomic mass is 10.1. The lowest BCUT2D eigenvalue weighted by molar-refractivity contribution is 1.40. The number of hydrogen-bond donors (Lipinski definition) is 0. The van der Waals surface area contributed by atoms with Crippen LogP contribution in [-0.4, -0.2) is 0 Å². The molecule has 0 N–H and O–H groups in total. The third-order valence-electron chi connectivity index (χ3n) is 5.03. The third kappa shape index (κ3) is 6.32. The van der Waals surface area contributed by atoms with Crippen LogP contribution >= 0.6 is 0 Å². The maximum absolute atomic E-state index is 2.22. The summed E-state index contributed by atoms with van der Waals surface area (Å²) in [6, 6.07) is 38.3. The molecule has 0 heteroatoms. The van der Waals surface area contributed by atoms with Gasteiger partial charge < -0.3 is 0 Å². The van der Waals surface area contributed by atoms with Gasteiger partial charge in [-0.05, 0) is 49.2 Å². The van der Waals surface area contributed by atoms with Gasteiger partial charge in [-0.1, -0.05) is 131 Å². The van der Waals surface area contributed by atoms with Crippen molar-refractivity contribution < 1.29 is 0 Å². The molecule has 0 aromatic heterocycles. The summed E-state index contributed by atoms with van der Waals surface area (Å²) in [7, 11) is 0. The maximum atomic E-state index is 2.22. The molecule has 0 radical (unpaired) electrons. The lowest BCUT2D eigenvalue weighted by Crippen LogP contribution is -1.76. The molecule has 0 bridgehead atoms. The molecule has 0 saturated heterocycles. The molecule has 30 heavy (non-hydrogen) atoms. The second-order valence-electron chi connectivity index (χ2n) is 7.86. The number of hydrogen-bond acceptors (Lipinski definition) is 0. The lowest BCUT2D eigenvalue weighted by Gasteiger charge is -1.99. The van der Waals surface area contributed by atoms with Crippen molar-refractivity contribution in [1.82, 2.24) is 0 Å². The van der Waals surface area contributed by atoms with E-state index in [1.807, 2.05) is 0 Å². The molecule has 0 heterocycles. The summed E-state index contributed by atoms with van der Waals surface area (Å²) in [5.41, 5.74) is 5.31. The van der Waals surface area contributed by atoms with E-state index in [-0.39, 0.29) is 0 Å². The Morgan fingerprint density at radius 1 is 0.300 bits per heavy atom. The molecule has 0 amide bonds. The van der Waals surface area contributed by atoms with Crippen molar-refractivity contribution in [3.8, 4) is 0 Å². The zero-order chi connectivity index (χ0) is 21.3. The number of benzene rings is 5. The monoisotopic (exact) mass is 390 g/mol. The molecular weight excluding hydrogens is 360 g/mol. The van der Waals surface area contributed by atoms with E-state index in [0.29, 0.717) is 0 Å². The quantitative estimate of drug-likeness (QED) is 0.248. The predicted molar refractivity (Wildman–Crippen MR) is 133 cm³/mol. The van der Waals surface area contributed by atoms with E-state index in [9.17, 15) is 0 Å². The summed E-state index contributed by atoms with van der Waals surface area (Å²) in [5, 5.41) is 5.29. The Bertz CT molecular complexity index is 1090. The van der Waals surface area contributed by atoms with E-state index >= 15 is 0 Å². The first-order chi connectivity index (χ1) is 14.5. The summed E-state index contributed by atoms with van der Waals surface area (Å²) in [5.74, 6) is 0. The van der Waals surface area contributed by atoms with Crippen LogP contribution < -0.4 is 0 Å². The van der Waals surface area contributed by atoms with Gasteiger partial charge in [-0.25, -0.2) is 0 Å². The van der Waals surface area contributed by atoms with Crippen LogP contribution in [0.25, 0.3) is 21.5 Å². The van der Waals surface area contributed by atoms with Crippen LogP contribution in [0.1, 0.15) is 22.3 Å². The third-order valence-corrected chi connectivity index (χ3v) is 5.03. The van der Waals surface area contributed by atoms with Crippen molar-refractivity contribution in [2.24, 2.45) is 0 Å². The zero-order valence-corrected chi connectivity index (χ0v) is 18.4. The molecule has 0 aliphatic rings. The minimum atomic E-state index is 1.31. The Labute approximate surface area is 180 Å². The minimum Gasteiger partial charge on any atom is -0.0616 e. The highest BCUT2D eigenvalue weighted by atomic mass is 14.0. The number of rotatable bonds is 0. The summed E-state index contributed by atoms with van der Waals surface area (Å²) in [6.07, 6.45) is 0. The molecule has 0 aliphatic heterocycles. The van der Waals surface area contributed by atoms with E-state index in [0.717, 1.165) is 0 Å². The number of fused-ring (bicyclic) bond motifs is 2. The first kappa shape index (κ1) is 21.3. The topological polar surface area (TPSA) is 0 Å². The molecule has 0 fully saturated rings. The van der Waals surface area contributed by atoms with Crippen molar-refractivity contribution in [3.05, 3.63) is 131 Å². The molecule has 0 unspecified atom stereocenters. The maximum Gasteiger partial charge on any atom is -0.0181 e. The van der Waals surface area contributed by atoms with Crippen LogP contribution in [0.2, 0.25) is 0 Å². The zero-order valence-electron chi connectivity index (χ0n) is 18.4. The molecule has 0 nitrogen and oxygen atoms in total. The van der Waals surface area contributed by atoms with Gasteiger partial charge in [0.25, 0.3) is 0 Å². The SMILES string of the molecule is Cc1ccc(C)cc1.Cc1ccc2cc(C)ccc2c1.c1ccc2ccccc2c1. The molecular formula is C30H30. The Morgan fingerprint density at radius 3 is 0.933 bits per heavy atom. The molecule has 5 rings (SSSR count). The fraction of sp³-hybridized carbons (Fsp3) is 0.133. The second-order valence-corrected chi connectivity index (χ2v) is 7.86. The molecule has 0 saturated carbocycles. The Kier molecular flexibility index (Phi) is 7.40. The van der Waals surface area contributed by atoms with Gasteiger partial charge in [-0.2, -0.15) is 0 Å². The van der Waals surface area contributed by atoms with Gasteiger partial charge in [0.1, 0.15) is 0 Å². The van der Waals surface area contributed by atoms with E-state index < -0.39 is 0 Å². The summed E-state index contributed by atoms with van der Waals surface area (Å²) >= 11 is 0. The van der Waals surface area contributed by atoms with Crippen LogP contribution in [-0.2, 0) is 0 Å². The standard InChI is InChI=1S/C12H12.C10H8.C8H10/c1-9-3-5-12-8-10(2)4-6-11(12)7-9;1-2-6-10-8-4-3-7-9(10)5-1;1-7-3-5-8(2)6-4-7/h3-8H,1-2H3;1-8H;3-6H,1-2H3. The Balaban J connectivity index is 0.000000131. The predicted octanol–water partition coefficient (Wildman–Crippen LogP) is 8.60. The molecule has 5 aromatic carbocycles. The van der Waals surface area contributed by atoms with Gasteiger partial charge in [-0.3, -0.25) is 0 Å². The van der Waals surface area contributed by atoms with E-state index in [1.54, 1.807) is 0 Å². The van der Waals surface area contributed by atoms with Gasteiger partial charge in [0.15, 0.2) is 0 Å². The average Bonchev–Trinajstić information content (AvgIpc) is 2.77. The summed E-state index contributed by atoms with van der Waals surface area (Å²) in [6.45, 7) is 8.44. The van der Waals surface area contributed by atoms with Gasteiger partial charge in [-0.15, -0.1) is 0 Å². The summed E-state index contributed by atoms with van der Waals surface area (Å²) in [4.78, 5) is 0. The smallest absolute Gasteiger partial charge is 0.0181 e. The molecule has 5 aromatic rings. The van der Waals surface area contributed by atoms with Gasteiger partial charge in [0, 0.05) is 0 Å². The normalized spacial score (nSPS) is 10.0. The van der Waals surface area contributed by atoms with Crippen molar-refractivity contribution in [2.45, 2.75) is 27.7 Å². The van der Waals surface area contributed by atoms with E-state index in [4.69, 9.17) is 0 Å². The molecule has 0 aliphatic carbocycles. The number of aryl methyl sites for hydroxylation is 4. The van der Waals surface area contributed by atoms with Gasteiger partial charge in [0.2, 0.25) is 0 Å². The molecule has 150 valence electrons. The first-order valence-corrected chi connectivity index (χ1v) is 10.5. The largest absolute Gasteiger partial charge is 0.0616 e. The highest BCUT2D eigenvalue weighted by Gasteiger charge is 1.92. The highest BCUT2D eigenvalue weighted by Crippen LogP contribution is 2.17. The van der Waals surface area contributed by atoms with Crippen molar-refractivity contribution in [2.75, 3.05) is 0 Å². The van der Waals surface area contributed by atoms with Crippen molar-refractivity contribution in [3.63, 3.8) is 0 Å². The highest BCUT2D eigenvalue weighted by molar-refractivity contribution is 5.83. The van der Waals surface area contributed by atoms with E-state index in [1.165, 1.54) is 43.8 Å². The van der Waals surface area contributed by atoms with Crippen molar-refractivity contribution >= 4 is 21.5 Å². The van der Waals surface area contributed by atoms with Crippen LogP contribution in [0.4, 0.5) is 0 Å². The van der Waals surface area contributed by atoms with Gasteiger partial charge in [0.05, 0.1) is 0 Å². The molecule has 0 atom stereocenters. The average molecular weight is 391 g/mol. The van der Waals surface area contributed by atoms with E-state index in [2.05, 4.69) is 137 Å². The Hall–Kier alpha value is -3.38. The van der Waals surface area contributed by atoms with Crippen LogP contribution in [0.5, 0.6) is 0 Å². The second kappa shape index (κ2) is 10.4. The fourth-order valence-corrected chi connectivity index (χ4v) is 3.25. The first-order valence-electron chi connectivity index (χ1n) is 10.5. The fourth-order valence-electron chi connectivity index (χ4n) is 3.25.